The van der Waals surface area contributed by atoms with Gasteiger partial charge in [-0.3, -0.25) is 4.84 Å². The van der Waals surface area contributed by atoms with Crippen LogP contribution < -0.4 is 0 Å². The van der Waals surface area contributed by atoms with Crippen LogP contribution >= 0.6 is 0 Å². The van der Waals surface area contributed by atoms with Crippen LogP contribution in [0.25, 0.3) is 0 Å². The molecule has 0 spiro atoms. The third-order valence-electron chi connectivity index (χ3n) is 2.13. The maximum absolute atomic E-state index is 12.3. The molecule has 0 aromatic heterocycles. The van der Waals surface area contributed by atoms with Crippen LogP contribution in [0.3, 0.4) is 0 Å². The third kappa shape index (κ3) is 1.46. The van der Waals surface area contributed by atoms with Gasteiger partial charge >= 0.3 is 12.4 Å². The van der Waals surface area contributed by atoms with Crippen molar-refractivity contribution >= 4 is 0 Å². The van der Waals surface area contributed by atoms with Crippen LogP contribution in [-0.2, 0) is 4.84 Å². The summed E-state index contributed by atoms with van der Waals surface area (Å²) in [5.74, 6) is 0. The molecule has 84 valence electrons. The number of rotatable bonds is 2. The van der Waals surface area contributed by atoms with Gasteiger partial charge in [-0.25, -0.2) is 0 Å². The Labute approximate surface area is 75.4 Å². The Morgan fingerprint density at radius 1 is 1.07 bits per heavy atom. The van der Waals surface area contributed by atoms with Crippen LogP contribution in [0.4, 0.5) is 26.3 Å². The molecule has 1 unspecified atom stereocenters. The van der Waals surface area contributed by atoms with E-state index in [0.717, 1.165) is 6.92 Å². The van der Waals surface area contributed by atoms with Gasteiger partial charge in [-0.15, -0.1) is 5.06 Å². The summed E-state index contributed by atoms with van der Waals surface area (Å²) in [7, 11) is 0. The smallest absolute Gasteiger partial charge is 0.278 e. The number of hydrogen-bond acceptors (Lipinski definition) is 2. The molecule has 1 aliphatic heterocycles. The maximum Gasteiger partial charge on any atom is 0.418 e. The SMILES string of the molecule is CCC(N1CO1)(C(F)(F)F)C(F)(F)F. The second-order valence-corrected chi connectivity index (χ2v) is 2.85. The van der Waals surface area contributed by atoms with E-state index in [4.69, 9.17) is 0 Å². The molecule has 0 aromatic carbocycles. The Bertz CT molecular complexity index is 203. The van der Waals surface area contributed by atoms with Crippen molar-refractivity contribution in [3.8, 4) is 0 Å². The molecule has 8 heteroatoms. The summed E-state index contributed by atoms with van der Waals surface area (Å²) in [4.78, 5) is 4.01. The number of alkyl halides is 6. The van der Waals surface area contributed by atoms with Crippen molar-refractivity contribution < 1.29 is 31.2 Å². The average Bonchev–Trinajstić information content (AvgIpc) is 2.66. The minimum Gasteiger partial charge on any atom is -0.278 e. The number of hydroxylamine groups is 2. The predicted octanol–water partition coefficient (Wildman–Crippen LogP) is 2.46. The van der Waals surface area contributed by atoms with Crippen LogP contribution in [0, 0.1) is 0 Å². The number of halogens is 6. The Balaban J connectivity index is 3.11. The largest absolute Gasteiger partial charge is 0.418 e. The second-order valence-electron chi connectivity index (χ2n) is 2.85. The van der Waals surface area contributed by atoms with E-state index < -0.39 is 31.0 Å². The van der Waals surface area contributed by atoms with Crippen molar-refractivity contribution in [2.45, 2.75) is 31.2 Å². The summed E-state index contributed by atoms with van der Waals surface area (Å²) in [6.07, 6.45) is -11.9. The summed E-state index contributed by atoms with van der Waals surface area (Å²) in [6.45, 7) is 0.176. The van der Waals surface area contributed by atoms with Crippen molar-refractivity contribution in [3.05, 3.63) is 0 Å². The van der Waals surface area contributed by atoms with Crippen LogP contribution in [0.15, 0.2) is 0 Å². The lowest BCUT2D eigenvalue weighted by Crippen LogP contribution is -2.61. The second kappa shape index (κ2) is 2.99. The molecule has 1 aliphatic rings. The van der Waals surface area contributed by atoms with E-state index in [9.17, 15) is 26.3 Å². The molecule has 1 atom stereocenters. The van der Waals surface area contributed by atoms with Crippen molar-refractivity contribution in [2.75, 3.05) is 6.73 Å². The molecule has 0 radical (unpaired) electrons. The molecule has 1 fully saturated rings. The molecule has 2 nitrogen and oxygen atoms in total. The summed E-state index contributed by atoms with van der Waals surface area (Å²) in [5, 5.41) is -0.0903. The van der Waals surface area contributed by atoms with E-state index in [2.05, 4.69) is 4.84 Å². The van der Waals surface area contributed by atoms with E-state index in [1.807, 2.05) is 0 Å². The Kier molecular flexibility index (Phi) is 2.47. The van der Waals surface area contributed by atoms with Crippen LogP contribution in [0.2, 0.25) is 0 Å². The summed E-state index contributed by atoms with van der Waals surface area (Å²) < 4.78 is 73.9. The Morgan fingerprint density at radius 2 is 1.43 bits per heavy atom. The van der Waals surface area contributed by atoms with Gasteiger partial charge in [0.05, 0.1) is 0 Å². The van der Waals surface area contributed by atoms with Gasteiger partial charge in [-0.1, -0.05) is 6.92 Å². The average molecular weight is 223 g/mol. The monoisotopic (exact) mass is 223 g/mol. The Morgan fingerprint density at radius 3 is 1.50 bits per heavy atom. The fourth-order valence-electron chi connectivity index (χ4n) is 1.27. The predicted molar refractivity (Wildman–Crippen MR) is 32.9 cm³/mol. The quantitative estimate of drug-likeness (QED) is 0.527. The first kappa shape index (κ1) is 11.6. The van der Waals surface area contributed by atoms with E-state index in [1.165, 1.54) is 0 Å². The molecule has 1 saturated heterocycles. The lowest BCUT2D eigenvalue weighted by atomic mass is 9.95. The lowest BCUT2D eigenvalue weighted by Gasteiger charge is -2.35. The zero-order chi connectivity index (χ0) is 11.2. The number of hydrogen-bond donors (Lipinski definition) is 0. The molecular weight excluding hydrogens is 216 g/mol. The lowest BCUT2D eigenvalue weighted by molar-refractivity contribution is -0.342. The summed E-state index contributed by atoms with van der Waals surface area (Å²) in [6, 6.07) is 0. The molecule has 0 saturated carbocycles. The fourth-order valence-corrected chi connectivity index (χ4v) is 1.27. The highest BCUT2D eigenvalue weighted by atomic mass is 19.4. The third-order valence-corrected chi connectivity index (χ3v) is 2.13. The molecule has 0 aliphatic carbocycles. The normalized spacial score (nSPS) is 23.8. The molecule has 1 heterocycles. The van der Waals surface area contributed by atoms with Gasteiger partial charge < -0.3 is 0 Å². The van der Waals surface area contributed by atoms with Gasteiger partial charge in [0.25, 0.3) is 0 Å². The van der Waals surface area contributed by atoms with Gasteiger partial charge in [0.2, 0.25) is 5.54 Å². The maximum atomic E-state index is 12.3. The van der Waals surface area contributed by atoms with Crippen molar-refractivity contribution in [1.82, 2.24) is 5.06 Å². The number of nitrogens with zero attached hydrogens (tertiary/aromatic N) is 1. The highest BCUT2D eigenvalue weighted by Gasteiger charge is 2.76. The molecular formula is C6H7F6NO. The van der Waals surface area contributed by atoms with Crippen molar-refractivity contribution in [1.29, 1.82) is 0 Å². The molecule has 0 aromatic rings. The highest BCUT2D eigenvalue weighted by Crippen LogP contribution is 2.51. The van der Waals surface area contributed by atoms with Gasteiger partial charge in [-0.2, -0.15) is 26.3 Å². The van der Waals surface area contributed by atoms with Crippen LogP contribution in [0.5, 0.6) is 0 Å². The van der Waals surface area contributed by atoms with Gasteiger partial charge in [0.15, 0.2) is 0 Å². The molecule has 1 rings (SSSR count). The van der Waals surface area contributed by atoms with Gasteiger partial charge in [0, 0.05) is 0 Å². The highest BCUT2D eigenvalue weighted by molar-refractivity contribution is 5.01. The first-order valence-electron chi connectivity index (χ1n) is 3.71. The van der Waals surface area contributed by atoms with Crippen molar-refractivity contribution in [3.63, 3.8) is 0 Å². The minimum absolute atomic E-state index is 0.0903. The van der Waals surface area contributed by atoms with Crippen LogP contribution in [-0.4, -0.2) is 29.7 Å². The van der Waals surface area contributed by atoms with Gasteiger partial charge in [-0.05, 0) is 6.42 Å². The van der Waals surface area contributed by atoms with E-state index in [0.29, 0.717) is 0 Å². The summed E-state index contributed by atoms with van der Waals surface area (Å²) in [5.41, 5.74) is -3.86. The van der Waals surface area contributed by atoms with Gasteiger partial charge in [0.1, 0.15) is 6.73 Å². The van der Waals surface area contributed by atoms with E-state index in [-0.39, 0.29) is 5.06 Å². The zero-order valence-electron chi connectivity index (χ0n) is 7.04. The standard InChI is InChI=1S/C6H7F6NO/c1-2-4(5(7,8)9,6(10,11)12)13-3-14-13/h2-3H2,1H3. The first-order chi connectivity index (χ1) is 6.17. The fraction of sp³-hybridized carbons (Fsp3) is 1.00. The zero-order valence-corrected chi connectivity index (χ0v) is 7.04. The Hall–Kier alpha value is -0.500. The van der Waals surface area contributed by atoms with Crippen molar-refractivity contribution in [2.24, 2.45) is 0 Å². The first-order valence-corrected chi connectivity index (χ1v) is 3.71. The minimum atomic E-state index is -5.39. The molecule has 0 N–H and O–H groups in total. The molecule has 0 amide bonds. The molecule has 0 bridgehead atoms. The molecule has 14 heavy (non-hydrogen) atoms. The van der Waals surface area contributed by atoms with E-state index >= 15 is 0 Å². The summed E-state index contributed by atoms with van der Waals surface area (Å²) >= 11 is 0. The topological polar surface area (TPSA) is 15.5 Å². The van der Waals surface area contributed by atoms with Crippen LogP contribution in [0.1, 0.15) is 13.3 Å². The van der Waals surface area contributed by atoms with E-state index in [1.54, 1.807) is 0 Å².